The molecule has 1 aliphatic rings. The van der Waals surface area contributed by atoms with Crippen molar-refractivity contribution >= 4 is 5.91 Å². The molecule has 0 unspecified atom stereocenters. The lowest BCUT2D eigenvalue weighted by atomic mass is 9.97. The highest BCUT2D eigenvalue weighted by Gasteiger charge is 2.28. The van der Waals surface area contributed by atoms with Crippen molar-refractivity contribution in [2.24, 2.45) is 0 Å². The van der Waals surface area contributed by atoms with Crippen LogP contribution in [0.2, 0.25) is 0 Å². The van der Waals surface area contributed by atoms with Gasteiger partial charge in [0.2, 0.25) is 11.8 Å². The summed E-state index contributed by atoms with van der Waals surface area (Å²) in [6.45, 7) is 6.42. The summed E-state index contributed by atoms with van der Waals surface area (Å²) in [6.07, 6.45) is 8.85. The predicted octanol–water partition coefficient (Wildman–Crippen LogP) is 2.58. The second kappa shape index (κ2) is 7.59. The molecule has 3 heterocycles. The Morgan fingerprint density at radius 2 is 2.33 bits per heavy atom. The number of hydrogen-bond donors (Lipinski definition) is 0. The van der Waals surface area contributed by atoms with Gasteiger partial charge in [-0.2, -0.15) is 4.98 Å². The van der Waals surface area contributed by atoms with Crippen molar-refractivity contribution in [2.45, 2.75) is 57.9 Å². The predicted molar refractivity (Wildman–Crippen MR) is 88.4 cm³/mol. The first kappa shape index (κ1) is 16.7. The molecule has 130 valence electrons. The van der Waals surface area contributed by atoms with Gasteiger partial charge in [-0.3, -0.25) is 4.79 Å². The third kappa shape index (κ3) is 4.01. The van der Waals surface area contributed by atoms with Crippen molar-refractivity contribution in [3.63, 3.8) is 0 Å². The number of aryl methyl sites for hydroxylation is 1. The van der Waals surface area contributed by atoms with Crippen molar-refractivity contribution in [3.05, 3.63) is 30.4 Å². The average molecular weight is 331 g/mol. The van der Waals surface area contributed by atoms with Crippen LogP contribution in [0.3, 0.4) is 0 Å². The maximum atomic E-state index is 12.5. The van der Waals surface area contributed by atoms with Gasteiger partial charge >= 0.3 is 0 Å². The third-order valence-electron chi connectivity index (χ3n) is 4.46. The van der Waals surface area contributed by atoms with E-state index in [1.54, 1.807) is 12.5 Å². The number of rotatable bonds is 6. The minimum atomic E-state index is 0.188. The maximum Gasteiger partial charge on any atom is 0.229 e. The first-order valence-electron chi connectivity index (χ1n) is 8.70. The highest BCUT2D eigenvalue weighted by molar-refractivity contribution is 5.76. The minimum Gasteiger partial charge on any atom is -0.342 e. The Morgan fingerprint density at radius 1 is 1.46 bits per heavy atom. The number of amides is 1. The van der Waals surface area contributed by atoms with Gasteiger partial charge in [0.15, 0.2) is 5.82 Å². The van der Waals surface area contributed by atoms with E-state index in [9.17, 15) is 4.79 Å². The Labute approximate surface area is 142 Å². The summed E-state index contributed by atoms with van der Waals surface area (Å²) in [4.78, 5) is 22.9. The molecule has 7 heteroatoms. The Bertz CT molecular complexity index is 650. The number of likely N-dealkylation sites (tertiary alicyclic amines) is 1. The van der Waals surface area contributed by atoms with Gasteiger partial charge < -0.3 is 14.0 Å². The zero-order valence-electron chi connectivity index (χ0n) is 14.4. The summed E-state index contributed by atoms with van der Waals surface area (Å²) in [5.41, 5.74) is 0. The van der Waals surface area contributed by atoms with Crippen molar-refractivity contribution in [3.8, 4) is 0 Å². The Hall–Kier alpha value is -2.18. The van der Waals surface area contributed by atoms with Gasteiger partial charge in [-0.05, 0) is 19.3 Å². The van der Waals surface area contributed by atoms with Crippen molar-refractivity contribution in [1.82, 2.24) is 24.6 Å². The van der Waals surface area contributed by atoms with Crippen LogP contribution in [0.1, 0.15) is 63.1 Å². The zero-order valence-corrected chi connectivity index (χ0v) is 14.4. The molecule has 2 aromatic rings. The molecule has 1 aliphatic heterocycles. The third-order valence-corrected chi connectivity index (χ3v) is 4.46. The lowest BCUT2D eigenvalue weighted by molar-refractivity contribution is -0.132. The minimum absolute atomic E-state index is 0.188. The molecule has 1 fully saturated rings. The fourth-order valence-corrected chi connectivity index (χ4v) is 3.05. The molecule has 0 saturated carbocycles. The highest BCUT2D eigenvalue weighted by Crippen LogP contribution is 2.26. The van der Waals surface area contributed by atoms with E-state index in [1.165, 1.54) is 0 Å². The van der Waals surface area contributed by atoms with Gasteiger partial charge in [-0.25, -0.2) is 4.98 Å². The van der Waals surface area contributed by atoms with E-state index in [2.05, 4.69) is 15.1 Å². The topological polar surface area (TPSA) is 77.1 Å². The van der Waals surface area contributed by atoms with Crippen molar-refractivity contribution in [2.75, 3.05) is 13.1 Å². The standard InChI is InChI=1S/C17H25N5O2/c1-13(2)17-19-16(20-24-17)14-5-3-9-22(11-14)15(23)6-4-8-21-10-7-18-12-21/h7,10,12-14H,3-6,8-9,11H2,1-2H3/t14-/m1/s1. The summed E-state index contributed by atoms with van der Waals surface area (Å²) >= 11 is 0. The molecule has 7 nitrogen and oxygen atoms in total. The maximum absolute atomic E-state index is 12.5. The lowest BCUT2D eigenvalue weighted by Gasteiger charge is -2.31. The van der Waals surface area contributed by atoms with E-state index < -0.39 is 0 Å². The van der Waals surface area contributed by atoms with E-state index in [1.807, 2.05) is 29.5 Å². The molecule has 0 spiro atoms. The Balaban J connectivity index is 1.51. The number of carbonyl (C=O) groups is 1. The number of nitrogens with zero attached hydrogens (tertiary/aromatic N) is 5. The number of hydrogen-bond acceptors (Lipinski definition) is 5. The van der Waals surface area contributed by atoms with Crippen LogP contribution in [0, 0.1) is 0 Å². The Kier molecular flexibility index (Phi) is 5.27. The van der Waals surface area contributed by atoms with E-state index in [0.29, 0.717) is 18.9 Å². The first-order chi connectivity index (χ1) is 11.6. The van der Waals surface area contributed by atoms with Crippen LogP contribution >= 0.6 is 0 Å². The number of aromatic nitrogens is 4. The molecule has 0 bridgehead atoms. The zero-order chi connectivity index (χ0) is 16.9. The second-order valence-electron chi connectivity index (χ2n) is 6.73. The fourth-order valence-electron chi connectivity index (χ4n) is 3.05. The molecule has 0 N–H and O–H groups in total. The second-order valence-corrected chi connectivity index (χ2v) is 6.73. The first-order valence-corrected chi connectivity index (χ1v) is 8.70. The molecule has 2 aromatic heterocycles. The molecule has 0 aromatic carbocycles. The van der Waals surface area contributed by atoms with Crippen LogP contribution in [0.25, 0.3) is 0 Å². The van der Waals surface area contributed by atoms with E-state index in [0.717, 1.165) is 38.2 Å². The van der Waals surface area contributed by atoms with Gasteiger partial charge in [0.25, 0.3) is 0 Å². The molecule has 1 atom stereocenters. The van der Waals surface area contributed by atoms with Crippen LogP contribution in [0.15, 0.2) is 23.2 Å². The molecule has 1 amide bonds. The van der Waals surface area contributed by atoms with Gasteiger partial charge in [0.1, 0.15) is 0 Å². The number of carbonyl (C=O) groups excluding carboxylic acids is 1. The van der Waals surface area contributed by atoms with Gasteiger partial charge in [0.05, 0.1) is 6.33 Å². The van der Waals surface area contributed by atoms with Gasteiger partial charge in [-0.1, -0.05) is 19.0 Å². The van der Waals surface area contributed by atoms with Crippen LogP contribution in [0.4, 0.5) is 0 Å². The summed E-state index contributed by atoms with van der Waals surface area (Å²) in [5.74, 6) is 2.05. The lowest BCUT2D eigenvalue weighted by Crippen LogP contribution is -2.39. The molecular weight excluding hydrogens is 306 g/mol. The van der Waals surface area contributed by atoms with E-state index in [4.69, 9.17) is 4.52 Å². The Morgan fingerprint density at radius 3 is 3.04 bits per heavy atom. The number of piperidine rings is 1. The largest absolute Gasteiger partial charge is 0.342 e. The fraction of sp³-hybridized carbons (Fsp3) is 0.647. The van der Waals surface area contributed by atoms with E-state index in [-0.39, 0.29) is 17.7 Å². The van der Waals surface area contributed by atoms with Crippen LogP contribution in [-0.4, -0.2) is 43.6 Å². The summed E-state index contributed by atoms with van der Waals surface area (Å²) in [5, 5.41) is 4.12. The quantitative estimate of drug-likeness (QED) is 0.813. The van der Waals surface area contributed by atoms with Crippen molar-refractivity contribution < 1.29 is 9.32 Å². The molecule has 1 saturated heterocycles. The summed E-state index contributed by atoms with van der Waals surface area (Å²) in [7, 11) is 0. The monoisotopic (exact) mass is 331 g/mol. The van der Waals surface area contributed by atoms with Crippen LogP contribution < -0.4 is 0 Å². The molecule has 24 heavy (non-hydrogen) atoms. The van der Waals surface area contributed by atoms with Crippen LogP contribution in [0.5, 0.6) is 0 Å². The summed E-state index contributed by atoms with van der Waals surface area (Å²) < 4.78 is 7.31. The molecule has 0 radical (unpaired) electrons. The van der Waals surface area contributed by atoms with Crippen LogP contribution in [-0.2, 0) is 11.3 Å². The average Bonchev–Trinajstić information content (AvgIpc) is 3.26. The van der Waals surface area contributed by atoms with Gasteiger partial charge in [0, 0.05) is 50.3 Å². The van der Waals surface area contributed by atoms with Crippen molar-refractivity contribution in [1.29, 1.82) is 0 Å². The molecule has 3 rings (SSSR count). The normalized spacial score (nSPS) is 18.3. The molecular formula is C17H25N5O2. The number of imidazole rings is 1. The van der Waals surface area contributed by atoms with Gasteiger partial charge in [-0.15, -0.1) is 0 Å². The van der Waals surface area contributed by atoms with E-state index >= 15 is 0 Å². The summed E-state index contributed by atoms with van der Waals surface area (Å²) in [6, 6.07) is 0. The SMILES string of the molecule is CC(C)c1nc([C@@H]2CCCN(C(=O)CCCn3ccnc3)C2)no1. The molecule has 0 aliphatic carbocycles. The smallest absolute Gasteiger partial charge is 0.229 e. The highest BCUT2D eigenvalue weighted by atomic mass is 16.5.